The Bertz CT molecular complexity index is 1070. The molecule has 1 N–H and O–H groups in total. The number of likely N-dealkylation sites (tertiary alicyclic amines) is 1. The average molecular weight is 466 g/mol. The normalized spacial score (nSPS) is 13.4. The summed E-state index contributed by atoms with van der Waals surface area (Å²) in [4.78, 5) is 30.8. The zero-order chi connectivity index (χ0) is 20.9. The summed E-state index contributed by atoms with van der Waals surface area (Å²) < 4.78 is 6.75. The first kappa shape index (κ1) is 20.1. The summed E-state index contributed by atoms with van der Waals surface area (Å²) in [6, 6.07) is 18.2. The number of benzene rings is 2. The van der Waals surface area contributed by atoms with Crippen LogP contribution in [0.3, 0.4) is 0 Å². The fraction of sp³-hybridized carbons (Fsp3) is 0.174. The second-order valence-electron chi connectivity index (χ2n) is 6.99. The number of rotatable bonds is 6. The van der Waals surface area contributed by atoms with Gasteiger partial charge in [-0.15, -0.1) is 0 Å². The third-order valence-electron chi connectivity index (χ3n) is 4.77. The Morgan fingerprint density at radius 1 is 1.13 bits per heavy atom. The van der Waals surface area contributed by atoms with Gasteiger partial charge in [-0.3, -0.25) is 9.59 Å². The summed E-state index contributed by atoms with van der Waals surface area (Å²) in [7, 11) is 0. The minimum Gasteiger partial charge on any atom is -0.438 e. The molecule has 2 heterocycles. The van der Waals surface area contributed by atoms with Gasteiger partial charge in [-0.2, -0.15) is 0 Å². The molecule has 0 unspecified atom stereocenters. The molecular weight excluding hydrogens is 446 g/mol. The van der Waals surface area contributed by atoms with Crippen LogP contribution in [0.5, 0.6) is 11.6 Å². The van der Waals surface area contributed by atoms with Crippen molar-refractivity contribution >= 4 is 33.4 Å². The molecule has 0 bridgehead atoms. The van der Waals surface area contributed by atoms with Gasteiger partial charge >= 0.3 is 0 Å². The lowest BCUT2D eigenvalue weighted by Crippen LogP contribution is -2.23. The first-order valence-electron chi connectivity index (χ1n) is 9.65. The predicted octanol–water partition coefficient (Wildman–Crippen LogP) is 5.01. The minimum absolute atomic E-state index is 0.175. The van der Waals surface area contributed by atoms with Gasteiger partial charge in [0.15, 0.2) is 0 Å². The van der Waals surface area contributed by atoms with Crippen LogP contribution in [-0.2, 0) is 11.3 Å². The van der Waals surface area contributed by atoms with Crippen molar-refractivity contribution in [3.63, 3.8) is 0 Å². The van der Waals surface area contributed by atoms with Crippen LogP contribution >= 0.6 is 15.9 Å². The SMILES string of the molecule is O=C(Nc1cccc(CN2CCCC2=O)c1)c1cccnc1Oc1ccc(Br)cc1. The van der Waals surface area contributed by atoms with Crippen molar-refractivity contribution in [1.82, 2.24) is 9.88 Å². The van der Waals surface area contributed by atoms with Crippen LogP contribution < -0.4 is 10.1 Å². The highest BCUT2D eigenvalue weighted by Gasteiger charge is 2.20. The zero-order valence-corrected chi connectivity index (χ0v) is 17.8. The maximum absolute atomic E-state index is 12.9. The van der Waals surface area contributed by atoms with Crippen molar-refractivity contribution in [2.75, 3.05) is 11.9 Å². The number of halogens is 1. The van der Waals surface area contributed by atoms with Crippen LogP contribution in [0.15, 0.2) is 71.3 Å². The number of aromatic nitrogens is 1. The molecule has 152 valence electrons. The Balaban J connectivity index is 1.48. The highest BCUT2D eigenvalue weighted by Crippen LogP contribution is 2.25. The third-order valence-corrected chi connectivity index (χ3v) is 5.30. The van der Waals surface area contributed by atoms with Crippen molar-refractivity contribution in [2.24, 2.45) is 0 Å². The van der Waals surface area contributed by atoms with Gasteiger partial charge in [0.1, 0.15) is 11.3 Å². The van der Waals surface area contributed by atoms with Gasteiger partial charge in [-0.25, -0.2) is 4.98 Å². The van der Waals surface area contributed by atoms with E-state index in [-0.39, 0.29) is 17.7 Å². The number of nitrogens with one attached hydrogen (secondary N) is 1. The molecule has 7 heteroatoms. The quantitative estimate of drug-likeness (QED) is 0.555. The average Bonchev–Trinajstić information content (AvgIpc) is 3.15. The number of carbonyl (C=O) groups is 2. The molecule has 1 aromatic heterocycles. The molecule has 0 saturated carbocycles. The molecule has 1 fully saturated rings. The fourth-order valence-electron chi connectivity index (χ4n) is 3.30. The topological polar surface area (TPSA) is 71.5 Å². The number of pyridine rings is 1. The van der Waals surface area contributed by atoms with Gasteiger partial charge in [0, 0.05) is 35.9 Å². The molecule has 0 aliphatic carbocycles. The highest BCUT2D eigenvalue weighted by molar-refractivity contribution is 9.10. The molecule has 3 aromatic rings. The molecule has 4 rings (SSSR count). The van der Waals surface area contributed by atoms with Gasteiger partial charge in [0.25, 0.3) is 5.91 Å². The van der Waals surface area contributed by atoms with Crippen LogP contribution in [0.25, 0.3) is 0 Å². The van der Waals surface area contributed by atoms with E-state index in [0.29, 0.717) is 30.0 Å². The number of amides is 2. The third kappa shape index (κ3) is 4.86. The smallest absolute Gasteiger partial charge is 0.261 e. The van der Waals surface area contributed by atoms with E-state index in [1.807, 2.05) is 41.3 Å². The molecule has 0 radical (unpaired) electrons. The van der Waals surface area contributed by atoms with E-state index in [4.69, 9.17) is 4.74 Å². The van der Waals surface area contributed by atoms with Crippen LogP contribution in [0.4, 0.5) is 5.69 Å². The van der Waals surface area contributed by atoms with E-state index in [1.165, 1.54) is 0 Å². The van der Waals surface area contributed by atoms with Crippen molar-refractivity contribution in [3.8, 4) is 11.6 Å². The lowest BCUT2D eigenvalue weighted by atomic mass is 10.1. The van der Waals surface area contributed by atoms with E-state index in [0.717, 1.165) is 23.0 Å². The molecule has 1 saturated heterocycles. The second-order valence-corrected chi connectivity index (χ2v) is 7.90. The molecule has 6 nitrogen and oxygen atoms in total. The van der Waals surface area contributed by atoms with Gasteiger partial charge in [0.2, 0.25) is 11.8 Å². The van der Waals surface area contributed by atoms with Crippen molar-refractivity contribution in [2.45, 2.75) is 19.4 Å². The number of hydrogen-bond acceptors (Lipinski definition) is 4. The highest BCUT2D eigenvalue weighted by atomic mass is 79.9. The molecule has 30 heavy (non-hydrogen) atoms. The van der Waals surface area contributed by atoms with E-state index in [2.05, 4.69) is 26.2 Å². The molecular formula is C23H20BrN3O3. The summed E-state index contributed by atoms with van der Waals surface area (Å²) in [5.41, 5.74) is 1.96. The monoisotopic (exact) mass is 465 g/mol. The molecule has 2 aromatic carbocycles. The number of hydrogen-bond donors (Lipinski definition) is 1. The Morgan fingerprint density at radius 2 is 1.97 bits per heavy atom. The first-order valence-corrected chi connectivity index (χ1v) is 10.4. The molecule has 1 aliphatic heterocycles. The van der Waals surface area contributed by atoms with Gasteiger partial charge < -0.3 is 15.0 Å². The Morgan fingerprint density at radius 3 is 2.73 bits per heavy atom. The molecule has 0 atom stereocenters. The van der Waals surface area contributed by atoms with Gasteiger partial charge in [0.05, 0.1) is 0 Å². The summed E-state index contributed by atoms with van der Waals surface area (Å²) in [5.74, 6) is 0.679. The number of ether oxygens (including phenoxy) is 1. The Hall–Kier alpha value is -3.19. The predicted molar refractivity (Wildman–Crippen MR) is 117 cm³/mol. The van der Waals surface area contributed by atoms with Crippen LogP contribution in [-0.4, -0.2) is 28.2 Å². The minimum atomic E-state index is -0.315. The van der Waals surface area contributed by atoms with Gasteiger partial charge in [-0.05, 0) is 60.5 Å². The van der Waals surface area contributed by atoms with Crippen molar-refractivity contribution in [3.05, 3.63) is 82.5 Å². The van der Waals surface area contributed by atoms with Crippen LogP contribution in [0.1, 0.15) is 28.8 Å². The second kappa shape index (κ2) is 9.09. The number of carbonyl (C=O) groups excluding carboxylic acids is 2. The van der Waals surface area contributed by atoms with Crippen molar-refractivity contribution < 1.29 is 14.3 Å². The van der Waals surface area contributed by atoms with E-state index in [1.54, 1.807) is 30.5 Å². The maximum Gasteiger partial charge on any atom is 0.261 e. The van der Waals surface area contributed by atoms with Gasteiger partial charge in [-0.1, -0.05) is 28.1 Å². The lowest BCUT2D eigenvalue weighted by Gasteiger charge is -2.16. The molecule has 2 amide bonds. The molecule has 0 spiro atoms. The zero-order valence-electron chi connectivity index (χ0n) is 16.2. The van der Waals surface area contributed by atoms with Crippen molar-refractivity contribution in [1.29, 1.82) is 0 Å². The van der Waals surface area contributed by atoms with E-state index in [9.17, 15) is 9.59 Å². The van der Waals surface area contributed by atoms with E-state index >= 15 is 0 Å². The van der Waals surface area contributed by atoms with Crippen LogP contribution in [0, 0.1) is 0 Å². The number of anilines is 1. The summed E-state index contributed by atoms with van der Waals surface area (Å²) in [6.45, 7) is 1.33. The first-order chi connectivity index (χ1) is 14.6. The van der Waals surface area contributed by atoms with Crippen LogP contribution in [0.2, 0.25) is 0 Å². The van der Waals surface area contributed by atoms with E-state index < -0.39 is 0 Å². The lowest BCUT2D eigenvalue weighted by molar-refractivity contribution is -0.128. The maximum atomic E-state index is 12.9. The fourth-order valence-corrected chi connectivity index (χ4v) is 3.56. The largest absolute Gasteiger partial charge is 0.438 e. The molecule has 1 aliphatic rings. The Labute approximate surface area is 183 Å². The Kier molecular flexibility index (Phi) is 6.09. The standard InChI is InChI=1S/C23H20BrN3O3/c24-17-8-10-19(11-9-17)30-23-20(6-2-12-25-23)22(29)26-18-5-1-4-16(14-18)15-27-13-3-7-21(27)28/h1-2,4-6,8-12,14H,3,7,13,15H2,(H,26,29). The number of nitrogens with zero attached hydrogens (tertiary/aromatic N) is 2. The summed E-state index contributed by atoms with van der Waals surface area (Å²) >= 11 is 3.39. The summed E-state index contributed by atoms with van der Waals surface area (Å²) in [6.07, 6.45) is 3.09. The summed E-state index contributed by atoms with van der Waals surface area (Å²) in [5, 5.41) is 2.90.